The fourth-order valence-corrected chi connectivity index (χ4v) is 5.06. The van der Waals surface area contributed by atoms with E-state index in [1.807, 2.05) is 39.0 Å². The molecule has 3 rings (SSSR count). The zero-order valence-electron chi connectivity index (χ0n) is 16.0. The topological polar surface area (TPSA) is 66.5 Å². The number of sulfonamides is 1. The van der Waals surface area contributed by atoms with Gasteiger partial charge in [0.2, 0.25) is 10.0 Å². The maximum Gasteiger partial charge on any atom is 0.255 e. The van der Waals surface area contributed by atoms with Crippen LogP contribution in [0.2, 0.25) is 0 Å². The van der Waals surface area contributed by atoms with Gasteiger partial charge in [-0.25, -0.2) is 8.42 Å². The molecule has 5 nitrogen and oxygen atoms in total. The molecule has 1 aliphatic heterocycles. The second-order valence-electron chi connectivity index (χ2n) is 7.24. The molecule has 1 atom stereocenters. The number of nitrogens with one attached hydrogen (secondary N) is 1. The van der Waals surface area contributed by atoms with Gasteiger partial charge in [-0.05, 0) is 81.1 Å². The van der Waals surface area contributed by atoms with Gasteiger partial charge in [0.05, 0.1) is 4.90 Å². The van der Waals surface area contributed by atoms with Gasteiger partial charge in [0.25, 0.3) is 5.91 Å². The quantitative estimate of drug-likeness (QED) is 0.859. The molecule has 144 valence electrons. The molecule has 0 aromatic heterocycles. The Hall–Kier alpha value is -2.18. The summed E-state index contributed by atoms with van der Waals surface area (Å²) in [5.74, 6) is -0.256. The Balaban J connectivity index is 1.76. The lowest BCUT2D eigenvalue weighted by atomic mass is 10.1. The maximum absolute atomic E-state index is 12.9. The van der Waals surface area contributed by atoms with Crippen molar-refractivity contribution >= 4 is 21.6 Å². The van der Waals surface area contributed by atoms with Gasteiger partial charge < -0.3 is 5.32 Å². The van der Waals surface area contributed by atoms with Gasteiger partial charge in [-0.2, -0.15) is 4.31 Å². The van der Waals surface area contributed by atoms with Crippen LogP contribution in [0.4, 0.5) is 5.69 Å². The molecule has 0 unspecified atom stereocenters. The van der Waals surface area contributed by atoms with Crippen molar-refractivity contribution < 1.29 is 13.2 Å². The molecule has 0 aliphatic carbocycles. The van der Waals surface area contributed by atoms with Crippen LogP contribution >= 0.6 is 0 Å². The molecule has 2 aromatic rings. The maximum atomic E-state index is 12.9. The van der Waals surface area contributed by atoms with E-state index in [-0.39, 0.29) is 16.8 Å². The average molecular weight is 387 g/mol. The highest BCUT2D eigenvalue weighted by Crippen LogP contribution is 2.25. The second-order valence-corrected chi connectivity index (χ2v) is 9.13. The number of anilines is 1. The van der Waals surface area contributed by atoms with E-state index in [9.17, 15) is 13.2 Å². The number of rotatable bonds is 4. The number of amides is 1. The Kier molecular flexibility index (Phi) is 5.67. The predicted molar refractivity (Wildman–Crippen MR) is 108 cm³/mol. The highest BCUT2D eigenvalue weighted by atomic mass is 32.2. The first-order chi connectivity index (χ1) is 12.8. The molecule has 1 heterocycles. The van der Waals surface area contributed by atoms with Crippen molar-refractivity contribution in [3.63, 3.8) is 0 Å². The molecule has 1 saturated heterocycles. The normalized spacial score (nSPS) is 18.3. The molecule has 1 N–H and O–H groups in total. The van der Waals surface area contributed by atoms with Crippen LogP contribution in [-0.2, 0) is 10.0 Å². The van der Waals surface area contributed by atoms with E-state index in [0.717, 1.165) is 36.1 Å². The number of benzene rings is 2. The van der Waals surface area contributed by atoms with E-state index in [1.54, 1.807) is 16.4 Å². The van der Waals surface area contributed by atoms with Crippen molar-refractivity contribution in [2.45, 2.75) is 51.0 Å². The van der Waals surface area contributed by atoms with Crippen molar-refractivity contribution in [2.24, 2.45) is 0 Å². The lowest BCUT2D eigenvalue weighted by molar-refractivity contribution is 0.102. The highest BCUT2D eigenvalue weighted by Gasteiger charge is 2.30. The Morgan fingerprint density at radius 2 is 1.74 bits per heavy atom. The zero-order chi connectivity index (χ0) is 19.6. The lowest BCUT2D eigenvalue weighted by Crippen LogP contribution is -2.41. The molecule has 1 aliphatic rings. The SMILES string of the molecule is Cc1ccc(NC(=O)c2ccc(S(=O)(=O)N3CCCC[C@@H]3C)cc2)cc1C. The Morgan fingerprint density at radius 1 is 1.04 bits per heavy atom. The zero-order valence-corrected chi connectivity index (χ0v) is 16.8. The molecule has 0 bridgehead atoms. The third-order valence-electron chi connectivity index (χ3n) is 5.23. The summed E-state index contributed by atoms with van der Waals surface area (Å²) in [4.78, 5) is 12.7. The number of nitrogens with zero attached hydrogens (tertiary/aromatic N) is 1. The number of hydrogen-bond acceptors (Lipinski definition) is 3. The van der Waals surface area contributed by atoms with Crippen LogP contribution in [0.1, 0.15) is 47.7 Å². The van der Waals surface area contributed by atoms with Crippen molar-refractivity contribution in [3.05, 3.63) is 59.2 Å². The van der Waals surface area contributed by atoms with Gasteiger partial charge in [0.15, 0.2) is 0 Å². The molecule has 6 heteroatoms. The minimum absolute atomic E-state index is 0.0107. The predicted octanol–water partition coefficient (Wildman–Crippen LogP) is 4.12. The van der Waals surface area contributed by atoms with Gasteiger partial charge in [-0.15, -0.1) is 0 Å². The first-order valence-electron chi connectivity index (χ1n) is 9.29. The van der Waals surface area contributed by atoms with Crippen molar-refractivity contribution in [1.29, 1.82) is 0 Å². The van der Waals surface area contributed by atoms with Crippen LogP contribution in [0.15, 0.2) is 47.4 Å². The van der Waals surface area contributed by atoms with Gasteiger partial charge in [-0.1, -0.05) is 12.5 Å². The van der Waals surface area contributed by atoms with Crippen molar-refractivity contribution in [2.75, 3.05) is 11.9 Å². The van der Waals surface area contributed by atoms with Crippen molar-refractivity contribution in [3.8, 4) is 0 Å². The molecule has 0 spiro atoms. The van der Waals surface area contributed by atoms with Crippen LogP contribution in [0, 0.1) is 13.8 Å². The van der Waals surface area contributed by atoms with Gasteiger partial charge in [0.1, 0.15) is 0 Å². The van der Waals surface area contributed by atoms with Crippen molar-refractivity contribution in [1.82, 2.24) is 4.31 Å². The summed E-state index contributed by atoms with van der Waals surface area (Å²) >= 11 is 0. The number of aryl methyl sites for hydroxylation is 2. The van der Waals surface area contributed by atoms with E-state index in [4.69, 9.17) is 0 Å². The van der Waals surface area contributed by atoms with Crippen LogP contribution < -0.4 is 5.32 Å². The first-order valence-corrected chi connectivity index (χ1v) is 10.7. The Morgan fingerprint density at radius 3 is 2.37 bits per heavy atom. The molecule has 1 fully saturated rings. The third kappa shape index (κ3) is 4.22. The highest BCUT2D eigenvalue weighted by molar-refractivity contribution is 7.89. The van der Waals surface area contributed by atoms with E-state index < -0.39 is 10.0 Å². The number of carbonyl (C=O) groups excluding carboxylic acids is 1. The largest absolute Gasteiger partial charge is 0.322 e. The lowest BCUT2D eigenvalue weighted by Gasteiger charge is -2.32. The molecular formula is C21H26N2O3S. The van der Waals surface area contributed by atoms with Gasteiger partial charge in [0, 0.05) is 23.8 Å². The van der Waals surface area contributed by atoms with E-state index in [1.165, 1.54) is 12.1 Å². The number of piperidine rings is 1. The summed E-state index contributed by atoms with van der Waals surface area (Å²) in [6.07, 6.45) is 2.83. The molecular weight excluding hydrogens is 360 g/mol. The molecule has 27 heavy (non-hydrogen) atoms. The smallest absolute Gasteiger partial charge is 0.255 e. The summed E-state index contributed by atoms with van der Waals surface area (Å²) in [5, 5.41) is 2.86. The third-order valence-corrected chi connectivity index (χ3v) is 7.26. The summed E-state index contributed by atoms with van der Waals surface area (Å²) in [7, 11) is -3.52. The number of carbonyl (C=O) groups is 1. The molecule has 0 radical (unpaired) electrons. The summed E-state index contributed by atoms with van der Waals surface area (Å²) in [6.45, 7) is 6.51. The van der Waals surface area contributed by atoms with Crippen LogP contribution in [0.25, 0.3) is 0 Å². The summed E-state index contributed by atoms with van der Waals surface area (Å²) in [6, 6.07) is 11.9. The number of hydrogen-bond donors (Lipinski definition) is 1. The summed E-state index contributed by atoms with van der Waals surface area (Å²) in [5.41, 5.74) is 3.42. The van der Waals surface area contributed by atoms with Crippen LogP contribution in [-0.4, -0.2) is 31.2 Å². The monoisotopic (exact) mass is 386 g/mol. The molecule has 2 aromatic carbocycles. The standard InChI is InChI=1S/C21H26N2O3S/c1-15-7-10-19(14-16(15)2)22-21(24)18-8-11-20(12-9-18)27(25,26)23-13-5-4-6-17(23)3/h7-12,14,17H,4-6,13H2,1-3H3,(H,22,24)/t17-/m0/s1. The second kappa shape index (κ2) is 7.82. The van der Waals surface area contributed by atoms with Gasteiger partial charge in [-0.3, -0.25) is 4.79 Å². The minimum Gasteiger partial charge on any atom is -0.322 e. The first kappa shape index (κ1) is 19.6. The van der Waals surface area contributed by atoms with E-state index in [2.05, 4.69) is 5.32 Å². The fraction of sp³-hybridized carbons (Fsp3) is 0.381. The van der Waals surface area contributed by atoms with Crippen LogP contribution in [0.3, 0.4) is 0 Å². The molecule has 1 amide bonds. The van der Waals surface area contributed by atoms with Crippen LogP contribution in [0.5, 0.6) is 0 Å². The van der Waals surface area contributed by atoms with Gasteiger partial charge >= 0.3 is 0 Å². The Labute approximate surface area is 161 Å². The summed E-state index contributed by atoms with van der Waals surface area (Å²) < 4.78 is 27.3. The molecule has 0 saturated carbocycles. The Bertz CT molecular complexity index is 936. The minimum atomic E-state index is -3.52. The van der Waals surface area contributed by atoms with E-state index in [0.29, 0.717) is 12.1 Å². The average Bonchev–Trinajstić information content (AvgIpc) is 2.65. The van der Waals surface area contributed by atoms with E-state index >= 15 is 0 Å². The fourth-order valence-electron chi connectivity index (χ4n) is 3.36.